The summed E-state index contributed by atoms with van der Waals surface area (Å²) in [6.45, 7) is 3.88. The molecule has 3 nitrogen and oxygen atoms in total. The molecule has 0 bridgehead atoms. The molecule has 1 aromatic rings. The smallest absolute Gasteiger partial charge is 0.192 e. The van der Waals surface area contributed by atoms with E-state index in [1.807, 2.05) is 20.1 Å². The lowest BCUT2D eigenvalue weighted by Crippen LogP contribution is -1.75. The van der Waals surface area contributed by atoms with Gasteiger partial charge in [0, 0.05) is 12.3 Å². The van der Waals surface area contributed by atoms with Crippen LogP contribution in [0.25, 0.3) is 0 Å². The lowest BCUT2D eigenvalue weighted by atomic mass is 10.4. The third kappa shape index (κ3) is 1.83. The lowest BCUT2D eigenvalue weighted by Gasteiger charge is -1.85. The van der Waals surface area contributed by atoms with Gasteiger partial charge in [-0.15, -0.1) is 0 Å². The number of anilines is 1. The van der Waals surface area contributed by atoms with Crippen molar-refractivity contribution in [3.8, 4) is 0 Å². The Morgan fingerprint density at radius 2 is 2.45 bits per heavy atom. The Balaban J connectivity index is 2.85. The van der Waals surface area contributed by atoms with Crippen molar-refractivity contribution in [2.75, 3.05) is 5.73 Å². The molecule has 0 radical (unpaired) electrons. The number of nitrogens with two attached hydrogens (primary N) is 1. The van der Waals surface area contributed by atoms with E-state index in [9.17, 15) is 0 Å². The molecule has 0 saturated carbocycles. The van der Waals surface area contributed by atoms with Crippen LogP contribution in [0.4, 0.5) is 11.6 Å². The largest absolute Gasteiger partial charge is 0.444 e. The first-order chi connectivity index (χ1) is 5.24. The third-order valence-electron chi connectivity index (χ3n) is 1.32. The van der Waals surface area contributed by atoms with Gasteiger partial charge in [-0.1, -0.05) is 6.92 Å². The molecule has 3 heteroatoms. The van der Waals surface area contributed by atoms with Gasteiger partial charge in [-0.25, -0.2) is 0 Å². The average Bonchev–Trinajstić information content (AvgIpc) is 2.26. The molecule has 60 valence electrons. The standard InChI is InChI=1S/C8H12N2O/c1-3-4-10-7-5-8(9)11-6(7)2/h4-5H,3,9H2,1-2H3. The van der Waals surface area contributed by atoms with E-state index in [1.165, 1.54) is 0 Å². The number of hydrogen-bond donors (Lipinski definition) is 1. The van der Waals surface area contributed by atoms with Crippen LogP contribution in [0.2, 0.25) is 0 Å². The third-order valence-corrected chi connectivity index (χ3v) is 1.32. The van der Waals surface area contributed by atoms with Crippen molar-refractivity contribution >= 4 is 17.8 Å². The van der Waals surface area contributed by atoms with E-state index in [-0.39, 0.29) is 0 Å². The normalized spacial score (nSPS) is 11.1. The molecule has 1 aromatic heterocycles. The highest BCUT2D eigenvalue weighted by Crippen LogP contribution is 2.23. The first-order valence-corrected chi connectivity index (χ1v) is 3.62. The zero-order valence-electron chi connectivity index (χ0n) is 6.79. The zero-order valence-corrected chi connectivity index (χ0v) is 6.79. The second-order valence-corrected chi connectivity index (χ2v) is 2.31. The second kappa shape index (κ2) is 3.23. The monoisotopic (exact) mass is 152 g/mol. The average molecular weight is 152 g/mol. The predicted molar refractivity (Wildman–Crippen MR) is 46.3 cm³/mol. The highest BCUT2D eigenvalue weighted by Gasteiger charge is 2.00. The van der Waals surface area contributed by atoms with Gasteiger partial charge in [0.25, 0.3) is 0 Å². The van der Waals surface area contributed by atoms with Crippen molar-refractivity contribution in [3.63, 3.8) is 0 Å². The minimum absolute atomic E-state index is 0.422. The predicted octanol–water partition coefficient (Wildman–Crippen LogP) is 2.28. The summed E-state index contributed by atoms with van der Waals surface area (Å²) in [4.78, 5) is 4.15. The molecule has 0 aromatic carbocycles. The minimum Gasteiger partial charge on any atom is -0.444 e. The van der Waals surface area contributed by atoms with Crippen molar-refractivity contribution in [1.29, 1.82) is 0 Å². The summed E-state index contributed by atoms with van der Waals surface area (Å²) < 4.78 is 5.08. The Morgan fingerprint density at radius 3 is 2.91 bits per heavy atom. The van der Waals surface area contributed by atoms with Crippen LogP contribution in [0, 0.1) is 6.92 Å². The summed E-state index contributed by atoms with van der Waals surface area (Å²) in [5.41, 5.74) is 6.23. The number of rotatable bonds is 2. The molecule has 0 fully saturated rings. The first kappa shape index (κ1) is 7.85. The van der Waals surface area contributed by atoms with Gasteiger partial charge in [0.1, 0.15) is 11.4 Å². The fourth-order valence-corrected chi connectivity index (χ4v) is 0.813. The topological polar surface area (TPSA) is 51.5 Å². The highest BCUT2D eigenvalue weighted by molar-refractivity contribution is 5.64. The second-order valence-electron chi connectivity index (χ2n) is 2.31. The van der Waals surface area contributed by atoms with Gasteiger partial charge >= 0.3 is 0 Å². The first-order valence-electron chi connectivity index (χ1n) is 3.62. The van der Waals surface area contributed by atoms with Gasteiger partial charge in [-0.3, -0.25) is 4.99 Å². The number of aryl methyl sites for hydroxylation is 1. The number of nitrogens with zero attached hydrogens (tertiary/aromatic N) is 1. The number of aliphatic imine (C=N–C) groups is 1. The van der Waals surface area contributed by atoms with E-state index in [0.717, 1.165) is 17.9 Å². The summed E-state index contributed by atoms with van der Waals surface area (Å²) >= 11 is 0. The molecular formula is C8H12N2O. The molecule has 11 heavy (non-hydrogen) atoms. The molecule has 0 amide bonds. The Bertz CT molecular complexity index is 263. The van der Waals surface area contributed by atoms with Crippen LogP contribution in [-0.4, -0.2) is 6.21 Å². The fourth-order valence-electron chi connectivity index (χ4n) is 0.813. The fraction of sp³-hybridized carbons (Fsp3) is 0.375. The molecule has 2 N–H and O–H groups in total. The molecule has 1 rings (SSSR count). The van der Waals surface area contributed by atoms with Gasteiger partial charge in [-0.05, 0) is 13.3 Å². The van der Waals surface area contributed by atoms with Crippen molar-refractivity contribution in [3.05, 3.63) is 11.8 Å². The molecular weight excluding hydrogens is 140 g/mol. The molecule has 0 atom stereocenters. The van der Waals surface area contributed by atoms with Crippen LogP contribution in [0.3, 0.4) is 0 Å². The van der Waals surface area contributed by atoms with E-state index in [1.54, 1.807) is 6.07 Å². The summed E-state index contributed by atoms with van der Waals surface area (Å²) in [7, 11) is 0. The van der Waals surface area contributed by atoms with E-state index in [0.29, 0.717) is 5.88 Å². The van der Waals surface area contributed by atoms with E-state index >= 15 is 0 Å². The van der Waals surface area contributed by atoms with Gasteiger partial charge in [0.15, 0.2) is 5.88 Å². The molecule has 0 aliphatic carbocycles. The van der Waals surface area contributed by atoms with Crippen molar-refractivity contribution in [2.24, 2.45) is 4.99 Å². The lowest BCUT2D eigenvalue weighted by molar-refractivity contribution is 0.554. The molecule has 0 saturated heterocycles. The van der Waals surface area contributed by atoms with Crippen LogP contribution in [0.1, 0.15) is 19.1 Å². The molecule has 0 unspecified atom stereocenters. The van der Waals surface area contributed by atoms with Crippen LogP contribution >= 0.6 is 0 Å². The highest BCUT2D eigenvalue weighted by atomic mass is 16.4. The molecule has 0 spiro atoms. The van der Waals surface area contributed by atoms with Crippen LogP contribution in [0.5, 0.6) is 0 Å². The summed E-state index contributed by atoms with van der Waals surface area (Å²) in [6, 6.07) is 1.72. The van der Waals surface area contributed by atoms with Gasteiger partial charge < -0.3 is 10.2 Å². The van der Waals surface area contributed by atoms with Crippen LogP contribution in [-0.2, 0) is 0 Å². The SMILES string of the molecule is CCC=Nc1cc(N)oc1C. The van der Waals surface area contributed by atoms with Crippen molar-refractivity contribution in [2.45, 2.75) is 20.3 Å². The van der Waals surface area contributed by atoms with Crippen molar-refractivity contribution in [1.82, 2.24) is 0 Å². The Kier molecular flexibility index (Phi) is 2.31. The van der Waals surface area contributed by atoms with Gasteiger partial charge in [0.05, 0.1) is 0 Å². The summed E-state index contributed by atoms with van der Waals surface area (Å²) in [5, 5.41) is 0. The zero-order chi connectivity index (χ0) is 8.27. The maximum absolute atomic E-state index is 5.41. The van der Waals surface area contributed by atoms with Gasteiger partial charge in [-0.2, -0.15) is 0 Å². The maximum Gasteiger partial charge on any atom is 0.192 e. The Labute approximate surface area is 65.9 Å². The molecule has 1 heterocycles. The number of furan rings is 1. The van der Waals surface area contributed by atoms with Gasteiger partial charge in [0.2, 0.25) is 0 Å². The maximum atomic E-state index is 5.41. The van der Waals surface area contributed by atoms with E-state index < -0.39 is 0 Å². The summed E-state index contributed by atoms with van der Waals surface area (Å²) in [5.74, 6) is 1.19. The quantitative estimate of drug-likeness (QED) is 0.661. The Morgan fingerprint density at radius 1 is 1.73 bits per heavy atom. The van der Waals surface area contributed by atoms with Crippen molar-refractivity contribution < 1.29 is 4.42 Å². The minimum atomic E-state index is 0.422. The molecule has 0 aliphatic rings. The van der Waals surface area contributed by atoms with Crippen LogP contribution in [0.15, 0.2) is 15.5 Å². The number of hydrogen-bond acceptors (Lipinski definition) is 3. The molecule has 0 aliphatic heterocycles. The number of nitrogen functional groups attached to an aromatic ring is 1. The van der Waals surface area contributed by atoms with E-state index in [2.05, 4.69) is 4.99 Å². The Hall–Kier alpha value is -1.25. The summed E-state index contributed by atoms with van der Waals surface area (Å²) in [6.07, 6.45) is 2.75. The van der Waals surface area contributed by atoms with Crippen LogP contribution < -0.4 is 5.73 Å². The van der Waals surface area contributed by atoms with E-state index in [4.69, 9.17) is 10.2 Å².